The van der Waals surface area contributed by atoms with Crippen LogP contribution in [0.3, 0.4) is 0 Å². The molecule has 0 aliphatic heterocycles. The Bertz CT molecular complexity index is 1360. The third kappa shape index (κ3) is 4.21. The normalized spacial score (nSPS) is 10.7. The van der Waals surface area contributed by atoms with Gasteiger partial charge in [0.25, 0.3) is 5.56 Å². The summed E-state index contributed by atoms with van der Waals surface area (Å²) >= 11 is 0. The summed E-state index contributed by atoms with van der Waals surface area (Å²) in [5, 5.41) is 16.0. The minimum absolute atomic E-state index is 0.0112. The fourth-order valence-electron chi connectivity index (χ4n) is 3.26. The third-order valence-corrected chi connectivity index (χ3v) is 4.93. The van der Waals surface area contributed by atoms with Crippen molar-refractivity contribution in [2.45, 2.75) is 26.8 Å². The van der Waals surface area contributed by atoms with Gasteiger partial charge < -0.3 is 9.88 Å². The van der Waals surface area contributed by atoms with Crippen molar-refractivity contribution < 1.29 is 4.79 Å². The highest BCUT2D eigenvalue weighted by Gasteiger charge is 2.16. The van der Waals surface area contributed by atoms with Crippen LogP contribution < -0.4 is 10.9 Å². The summed E-state index contributed by atoms with van der Waals surface area (Å²) in [6, 6.07) is 18.3. The summed E-state index contributed by atoms with van der Waals surface area (Å²) in [4.78, 5) is 29.6. The number of hydrogen-bond donors (Lipinski definition) is 1. The number of rotatable bonds is 5. The molecule has 0 bridgehead atoms. The molecule has 4 rings (SSSR count). The van der Waals surface area contributed by atoms with Crippen molar-refractivity contribution in [3.05, 3.63) is 81.8 Å². The number of nitriles is 1. The standard InChI is InChI=1S/C23H20N6O2/c1-15-3-9-19(10-4-15)25-20(30)14-28-16(2)13-21(31)29-23(28)26-22(27-29)18-7-5-17(6-8-18)11-12-24/h3-10,13H,11,14H2,1-2H3,(H,25,30). The Morgan fingerprint density at radius 2 is 1.81 bits per heavy atom. The molecule has 154 valence electrons. The van der Waals surface area contributed by atoms with Gasteiger partial charge in [0.05, 0.1) is 12.5 Å². The highest BCUT2D eigenvalue weighted by Crippen LogP contribution is 2.17. The second-order valence-electron chi connectivity index (χ2n) is 7.30. The van der Waals surface area contributed by atoms with Crippen LogP contribution in [0.25, 0.3) is 17.2 Å². The van der Waals surface area contributed by atoms with Crippen molar-refractivity contribution in [2.75, 3.05) is 5.32 Å². The Hall–Kier alpha value is -4.25. The number of aryl methyl sites for hydroxylation is 2. The number of nitrogens with one attached hydrogen (secondary N) is 1. The average Bonchev–Trinajstić information content (AvgIpc) is 3.20. The predicted molar refractivity (Wildman–Crippen MR) is 117 cm³/mol. The highest BCUT2D eigenvalue weighted by atomic mass is 16.2. The number of carbonyl (C=O) groups excluding carboxylic acids is 1. The lowest BCUT2D eigenvalue weighted by molar-refractivity contribution is -0.116. The molecule has 0 saturated carbocycles. The summed E-state index contributed by atoms with van der Waals surface area (Å²) < 4.78 is 2.86. The number of carbonyl (C=O) groups is 1. The van der Waals surface area contributed by atoms with Crippen LogP contribution in [0.2, 0.25) is 0 Å². The van der Waals surface area contributed by atoms with Crippen LogP contribution in [0.1, 0.15) is 16.8 Å². The molecule has 4 aromatic rings. The zero-order valence-electron chi connectivity index (χ0n) is 17.2. The SMILES string of the molecule is Cc1ccc(NC(=O)Cn2c(C)cc(=O)n3nc(-c4ccc(CC#N)cc4)nc23)cc1. The predicted octanol–water partition coefficient (Wildman–Crippen LogP) is 2.88. The van der Waals surface area contributed by atoms with Crippen molar-refractivity contribution in [1.82, 2.24) is 19.2 Å². The molecule has 1 N–H and O–H groups in total. The maximum absolute atomic E-state index is 12.6. The second-order valence-corrected chi connectivity index (χ2v) is 7.30. The van der Waals surface area contributed by atoms with E-state index in [1.54, 1.807) is 11.5 Å². The summed E-state index contributed by atoms with van der Waals surface area (Å²) in [6.07, 6.45) is 0.318. The minimum Gasteiger partial charge on any atom is -0.325 e. The van der Waals surface area contributed by atoms with Gasteiger partial charge in [0, 0.05) is 23.0 Å². The molecule has 0 aliphatic carbocycles. The molecule has 0 atom stereocenters. The fraction of sp³-hybridized carbons (Fsp3) is 0.174. The van der Waals surface area contributed by atoms with Crippen LogP contribution >= 0.6 is 0 Å². The third-order valence-electron chi connectivity index (χ3n) is 4.93. The van der Waals surface area contributed by atoms with Crippen molar-refractivity contribution in [2.24, 2.45) is 0 Å². The first-order chi connectivity index (χ1) is 14.9. The van der Waals surface area contributed by atoms with Gasteiger partial charge in [-0.2, -0.15) is 14.8 Å². The first-order valence-corrected chi connectivity index (χ1v) is 9.74. The topological polar surface area (TPSA) is 105 Å². The molecule has 31 heavy (non-hydrogen) atoms. The maximum atomic E-state index is 12.6. The van der Waals surface area contributed by atoms with E-state index >= 15 is 0 Å². The van der Waals surface area contributed by atoms with E-state index in [1.165, 1.54) is 10.6 Å². The van der Waals surface area contributed by atoms with Gasteiger partial charge in [-0.15, -0.1) is 5.10 Å². The lowest BCUT2D eigenvalue weighted by Gasteiger charge is -2.11. The molecule has 2 aromatic carbocycles. The van der Waals surface area contributed by atoms with E-state index in [9.17, 15) is 9.59 Å². The molecule has 1 amide bonds. The quantitative estimate of drug-likeness (QED) is 0.543. The Morgan fingerprint density at radius 1 is 1.10 bits per heavy atom. The van der Waals surface area contributed by atoms with Gasteiger partial charge in [0.2, 0.25) is 11.7 Å². The zero-order chi connectivity index (χ0) is 22.0. The Kier molecular flexibility index (Phi) is 5.33. The van der Waals surface area contributed by atoms with Crippen molar-refractivity contribution in [3.8, 4) is 17.5 Å². The van der Waals surface area contributed by atoms with Gasteiger partial charge in [-0.3, -0.25) is 9.59 Å². The summed E-state index contributed by atoms with van der Waals surface area (Å²) in [7, 11) is 0. The largest absolute Gasteiger partial charge is 0.325 e. The van der Waals surface area contributed by atoms with E-state index in [1.807, 2.05) is 55.5 Å². The molecule has 0 saturated heterocycles. The van der Waals surface area contributed by atoms with Crippen LogP contribution in [0, 0.1) is 25.2 Å². The smallest absolute Gasteiger partial charge is 0.275 e. The first kappa shape index (κ1) is 20.0. The molecular weight excluding hydrogens is 392 g/mol. The van der Waals surface area contributed by atoms with Crippen molar-refractivity contribution in [1.29, 1.82) is 5.26 Å². The Morgan fingerprint density at radius 3 is 2.48 bits per heavy atom. The number of fused-ring (bicyclic) bond motifs is 1. The van der Waals surface area contributed by atoms with E-state index in [2.05, 4.69) is 21.5 Å². The van der Waals surface area contributed by atoms with Crippen LogP contribution in [-0.4, -0.2) is 25.1 Å². The van der Waals surface area contributed by atoms with Crippen LogP contribution in [0.4, 0.5) is 5.69 Å². The molecule has 2 aromatic heterocycles. The minimum atomic E-state index is -0.317. The molecule has 8 nitrogen and oxygen atoms in total. The lowest BCUT2D eigenvalue weighted by Crippen LogP contribution is -2.25. The molecule has 8 heteroatoms. The van der Waals surface area contributed by atoms with Gasteiger partial charge in [-0.1, -0.05) is 42.0 Å². The van der Waals surface area contributed by atoms with Gasteiger partial charge >= 0.3 is 0 Å². The number of amides is 1. The summed E-state index contributed by atoms with van der Waals surface area (Å²) in [5.41, 5.74) is 3.70. The number of anilines is 1. The molecule has 0 fully saturated rings. The molecule has 0 radical (unpaired) electrons. The Balaban J connectivity index is 1.67. The van der Waals surface area contributed by atoms with E-state index in [0.717, 1.165) is 16.7 Å². The summed E-state index contributed by atoms with van der Waals surface area (Å²) in [6.45, 7) is 3.72. The van der Waals surface area contributed by atoms with Crippen molar-refractivity contribution in [3.63, 3.8) is 0 Å². The number of benzene rings is 2. The van der Waals surface area contributed by atoms with Gasteiger partial charge in [-0.05, 0) is 31.5 Å². The molecule has 2 heterocycles. The monoisotopic (exact) mass is 412 g/mol. The zero-order valence-corrected chi connectivity index (χ0v) is 17.2. The van der Waals surface area contributed by atoms with Gasteiger partial charge in [-0.25, -0.2) is 0 Å². The van der Waals surface area contributed by atoms with Crippen molar-refractivity contribution >= 4 is 17.4 Å². The van der Waals surface area contributed by atoms with Crippen LogP contribution in [0.5, 0.6) is 0 Å². The summed E-state index contributed by atoms with van der Waals surface area (Å²) in [5.74, 6) is 0.432. The fourth-order valence-corrected chi connectivity index (χ4v) is 3.26. The number of nitrogens with zero attached hydrogens (tertiary/aromatic N) is 5. The van der Waals surface area contributed by atoms with Crippen LogP contribution in [0.15, 0.2) is 59.4 Å². The molecule has 0 unspecified atom stereocenters. The number of hydrogen-bond acceptors (Lipinski definition) is 5. The highest BCUT2D eigenvalue weighted by molar-refractivity contribution is 5.90. The molecule has 0 spiro atoms. The first-order valence-electron chi connectivity index (χ1n) is 9.74. The van der Waals surface area contributed by atoms with Gasteiger partial charge in [0.1, 0.15) is 6.54 Å². The lowest BCUT2D eigenvalue weighted by atomic mass is 10.1. The average molecular weight is 412 g/mol. The van der Waals surface area contributed by atoms with E-state index in [0.29, 0.717) is 29.4 Å². The molecular formula is C23H20N6O2. The van der Waals surface area contributed by atoms with E-state index in [4.69, 9.17) is 5.26 Å². The van der Waals surface area contributed by atoms with Crippen LogP contribution in [-0.2, 0) is 17.8 Å². The van der Waals surface area contributed by atoms with E-state index < -0.39 is 0 Å². The number of aromatic nitrogens is 4. The van der Waals surface area contributed by atoms with Gasteiger partial charge in [0.15, 0.2) is 5.82 Å². The molecule has 0 aliphatic rings. The maximum Gasteiger partial charge on any atom is 0.275 e. The second kappa shape index (κ2) is 8.24. The Labute approximate surface area is 178 Å². The van der Waals surface area contributed by atoms with E-state index in [-0.39, 0.29) is 18.0 Å².